The molecule has 1 aliphatic carbocycles. The van der Waals surface area contributed by atoms with E-state index in [4.69, 9.17) is 16.1 Å². The molecule has 3 rings (SSSR count). The third kappa shape index (κ3) is 3.27. The Morgan fingerprint density at radius 1 is 1.45 bits per heavy atom. The van der Waals surface area contributed by atoms with Crippen molar-refractivity contribution >= 4 is 23.2 Å². The second-order valence-electron chi connectivity index (χ2n) is 4.62. The fourth-order valence-corrected chi connectivity index (χ4v) is 1.86. The summed E-state index contributed by atoms with van der Waals surface area (Å²) in [4.78, 5) is 15.7. The zero-order chi connectivity index (χ0) is 13.9. The van der Waals surface area contributed by atoms with E-state index in [1.165, 1.54) is 0 Å². The molecule has 1 aliphatic rings. The monoisotopic (exact) mass is 292 g/mol. The average molecular weight is 293 g/mol. The summed E-state index contributed by atoms with van der Waals surface area (Å²) in [5, 5.41) is 10.2. The van der Waals surface area contributed by atoms with Crippen LogP contribution in [0.15, 0.2) is 28.8 Å². The summed E-state index contributed by atoms with van der Waals surface area (Å²) >= 11 is 5.88. The summed E-state index contributed by atoms with van der Waals surface area (Å²) in [6.45, 7) is 0.337. The van der Waals surface area contributed by atoms with Gasteiger partial charge in [0.1, 0.15) is 0 Å². The van der Waals surface area contributed by atoms with Crippen molar-refractivity contribution in [3.05, 3.63) is 41.0 Å². The smallest absolute Gasteiger partial charge is 0.292 e. The zero-order valence-electron chi connectivity index (χ0n) is 10.6. The Kier molecular flexibility index (Phi) is 3.56. The van der Waals surface area contributed by atoms with Gasteiger partial charge in [0.25, 0.3) is 11.7 Å². The van der Waals surface area contributed by atoms with Gasteiger partial charge in [0.15, 0.2) is 0 Å². The molecule has 104 valence electrons. The highest BCUT2D eigenvalue weighted by atomic mass is 35.5. The fraction of sp³-hybridized carbons (Fsp3) is 0.308. The molecule has 1 aromatic carbocycles. The van der Waals surface area contributed by atoms with Crippen molar-refractivity contribution in [3.8, 4) is 0 Å². The minimum Gasteiger partial charge on any atom is -0.376 e. The number of carbonyl (C=O) groups excluding carboxylic acids is 1. The SMILES string of the molecule is O=C(NC1CC1)c1noc(CNc2cccc(Cl)c2)n1. The highest BCUT2D eigenvalue weighted by molar-refractivity contribution is 6.30. The molecule has 1 heterocycles. The molecule has 2 N–H and O–H groups in total. The van der Waals surface area contributed by atoms with E-state index in [0.717, 1.165) is 18.5 Å². The number of anilines is 1. The minimum atomic E-state index is -0.287. The molecule has 0 atom stereocenters. The van der Waals surface area contributed by atoms with Crippen LogP contribution in [0.4, 0.5) is 5.69 Å². The predicted molar refractivity (Wildman–Crippen MR) is 73.6 cm³/mol. The number of hydrogen-bond donors (Lipinski definition) is 2. The first kappa shape index (κ1) is 12.9. The molecular weight excluding hydrogens is 280 g/mol. The number of nitrogens with one attached hydrogen (secondary N) is 2. The van der Waals surface area contributed by atoms with Crippen LogP contribution in [0.25, 0.3) is 0 Å². The standard InChI is InChI=1S/C13H13ClN4O2/c14-8-2-1-3-10(6-8)15-7-11-17-12(18-20-11)13(19)16-9-4-5-9/h1-3,6,9,15H,4-5,7H2,(H,16,19). The number of benzene rings is 1. The number of rotatable bonds is 5. The molecule has 2 aromatic rings. The Bertz CT molecular complexity index is 624. The maximum absolute atomic E-state index is 11.7. The van der Waals surface area contributed by atoms with Gasteiger partial charge in [0.2, 0.25) is 5.89 Å². The molecule has 0 saturated heterocycles. The van der Waals surface area contributed by atoms with E-state index in [1.807, 2.05) is 12.1 Å². The summed E-state index contributed by atoms with van der Waals surface area (Å²) in [7, 11) is 0. The largest absolute Gasteiger partial charge is 0.376 e. The number of amides is 1. The van der Waals surface area contributed by atoms with Gasteiger partial charge >= 0.3 is 0 Å². The number of aromatic nitrogens is 2. The second kappa shape index (κ2) is 5.50. The quantitative estimate of drug-likeness (QED) is 0.883. The normalized spacial score (nSPS) is 14.1. The highest BCUT2D eigenvalue weighted by Crippen LogP contribution is 2.19. The first-order chi connectivity index (χ1) is 9.70. The Hall–Kier alpha value is -2.08. The van der Waals surface area contributed by atoms with Gasteiger partial charge in [-0.2, -0.15) is 4.98 Å². The van der Waals surface area contributed by atoms with Crippen molar-refractivity contribution in [1.82, 2.24) is 15.5 Å². The van der Waals surface area contributed by atoms with Crippen molar-refractivity contribution in [1.29, 1.82) is 0 Å². The summed E-state index contributed by atoms with van der Waals surface area (Å²) < 4.78 is 5.02. The lowest BCUT2D eigenvalue weighted by Gasteiger charge is -2.02. The fourth-order valence-electron chi connectivity index (χ4n) is 1.67. The van der Waals surface area contributed by atoms with Gasteiger partial charge in [-0.3, -0.25) is 4.79 Å². The molecule has 1 saturated carbocycles. The lowest BCUT2D eigenvalue weighted by atomic mass is 10.3. The third-order valence-electron chi connectivity index (χ3n) is 2.85. The van der Waals surface area contributed by atoms with E-state index in [1.54, 1.807) is 12.1 Å². The third-order valence-corrected chi connectivity index (χ3v) is 3.09. The Labute approximate surface area is 120 Å². The van der Waals surface area contributed by atoms with Crippen molar-refractivity contribution < 1.29 is 9.32 Å². The number of nitrogens with zero attached hydrogens (tertiary/aromatic N) is 2. The van der Waals surface area contributed by atoms with Gasteiger partial charge in [0.05, 0.1) is 6.54 Å². The summed E-state index contributed by atoms with van der Waals surface area (Å²) in [5.74, 6) is 0.135. The Balaban J connectivity index is 1.58. The van der Waals surface area contributed by atoms with E-state index in [9.17, 15) is 4.79 Å². The maximum atomic E-state index is 11.7. The molecule has 0 radical (unpaired) electrons. The summed E-state index contributed by atoms with van der Waals surface area (Å²) in [6.07, 6.45) is 2.04. The van der Waals surface area contributed by atoms with Crippen molar-refractivity contribution in [3.63, 3.8) is 0 Å². The van der Waals surface area contributed by atoms with Crippen LogP contribution in [0.5, 0.6) is 0 Å². The van der Waals surface area contributed by atoms with E-state index >= 15 is 0 Å². The van der Waals surface area contributed by atoms with Crippen LogP contribution >= 0.6 is 11.6 Å². The van der Waals surface area contributed by atoms with Crippen molar-refractivity contribution in [2.24, 2.45) is 0 Å². The van der Waals surface area contributed by atoms with Gasteiger partial charge in [-0.1, -0.05) is 22.8 Å². The lowest BCUT2D eigenvalue weighted by molar-refractivity contribution is 0.0937. The topological polar surface area (TPSA) is 80.0 Å². The predicted octanol–water partition coefficient (Wildman–Crippen LogP) is 2.23. The van der Waals surface area contributed by atoms with Gasteiger partial charge in [0, 0.05) is 16.8 Å². The number of hydrogen-bond acceptors (Lipinski definition) is 5. The van der Waals surface area contributed by atoms with Crippen LogP contribution in [-0.2, 0) is 6.54 Å². The molecule has 0 bridgehead atoms. The van der Waals surface area contributed by atoms with E-state index in [-0.39, 0.29) is 17.8 Å². The molecule has 20 heavy (non-hydrogen) atoms. The lowest BCUT2D eigenvalue weighted by Crippen LogP contribution is -2.26. The van der Waals surface area contributed by atoms with Crippen molar-refractivity contribution in [2.75, 3.05) is 5.32 Å². The maximum Gasteiger partial charge on any atom is 0.292 e. The van der Waals surface area contributed by atoms with Gasteiger partial charge < -0.3 is 15.2 Å². The van der Waals surface area contributed by atoms with E-state index in [0.29, 0.717) is 17.5 Å². The second-order valence-corrected chi connectivity index (χ2v) is 5.06. The summed E-state index contributed by atoms with van der Waals surface area (Å²) in [6, 6.07) is 7.57. The van der Waals surface area contributed by atoms with Crippen LogP contribution in [-0.4, -0.2) is 22.1 Å². The van der Waals surface area contributed by atoms with Gasteiger partial charge in [-0.05, 0) is 31.0 Å². The summed E-state index contributed by atoms with van der Waals surface area (Å²) in [5.41, 5.74) is 0.847. The van der Waals surface area contributed by atoms with Crippen LogP contribution < -0.4 is 10.6 Å². The molecule has 0 unspecified atom stereocenters. The van der Waals surface area contributed by atoms with E-state index in [2.05, 4.69) is 20.8 Å². The molecule has 0 spiro atoms. The average Bonchev–Trinajstić information content (AvgIpc) is 3.11. The molecule has 1 amide bonds. The Morgan fingerprint density at radius 3 is 3.05 bits per heavy atom. The van der Waals surface area contributed by atoms with E-state index < -0.39 is 0 Å². The van der Waals surface area contributed by atoms with Crippen LogP contribution in [0.3, 0.4) is 0 Å². The Morgan fingerprint density at radius 2 is 2.30 bits per heavy atom. The van der Waals surface area contributed by atoms with Gasteiger partial charge in [-0.25, -0.2) is 0 Å². The van der Waals surface area contributed by atoms with Crippen LogP contribution in [0, 0.1) is 0 Å². The van der Waals surface area contributed by atoms with Crippen LogP contribution in [0.2, 0.25) is 5.02 Å². The van der Waals surface area contributed by atoms with Crippen molar-refractivity contribution in [2.45, 2.75) is 25.4 Å². The first-order valence-electron chi connectivity index (χ1n) is 6.33. The molecule has 0 aliphatic heterocycles. The number of halogens is 1. The van der Waals surface area contributed by atoms with Crippen LogP contribution in [0.1, 0.15) is 29.4 Å². The highest BCUT2D eigenvalue weighted by Gasteiger charge is 2.26. The first-order valence-corrected chi connectivity index (χ1v) is 6.71. The molecule has 7 heteroatoms. The molecule has 1 fully saturated rings. The minimum absolute atomic E-state index is 0.0693. The van der Waals surface area contributed by atoms with Gasteiger partial charge in [-0.15, -0.1) is 0 Å². The molecule has 1 aromatic heterocycles. The molecular formula is C13H13ClN4O2. The molecule has 6 nitrogen and oxygen atoms in total. The zero-order valence-corrected chi connectivity index (χ0v) is 11.4. The number of carbonyl (C=O) groups is 1.